The number of nitrogens with zero attached hydrogens (tertiary/aromatic N) is 4. The maximum absolute atomic E-state index is 12.2. The third kappa shape index (κ3) is 4.85. The van der Waals surface area contributed by atoms with Crippen LogP contribution in [0.15, 0.2) is 78.9 Å². The molecule has 1 aliphatic rings. The van der Waals surface area contributed by atoms with Crippen LogP contribution in [0.25, 0.3) is 0 Å². The molecule has 2 heterocycles. The Bertz CT molecular complexity index is 1240. The van der Waals surface area contributed by atoms with Gasteiger partial charge in [0.1, 0.15) is 6.04 Å². The average Bonchev–Trinajstić information content (AvgIpc) is 3.56. The van der Waals surface area contributed by atoms with E-state index in [9.17, 15) is 4.79 Å². The summed E-state index contributed by atoms with van der Waals surface area (Å²) in [5, 5.41) is 16.1. The number of aromatic nitrogens is 4. The number of nitrogens with one attached hydrogen (secondary N) is 1. The first-order valence-electron chi connectivity index (χ1n) is 11.4. The van der Waals surface area contributed by atoms with Crippen molar-refractivity contribution in [1.29, 1.82) is 0 Å². The van der Waals surface area contributed by atoms with E-state index in [-0.39, 0.29) is 25.3 Å². The van der Waals surface area contributed by atoms with E-state index in [1.54, 1.807) is 11.6 Å². The number of ether oxygens (including phenoxy) is 3. The van der Waals surface area contributed by atoms with Gasteiger partial charge in [0, 0.05) is 0 Å². The van der Waals surface area contributed by atoms with Gasteiger partial charge in [0.05, 0.1) is 19.2 Å². The SMILES string of the molecule is CCOC(=O)CN[C@H](c1ccc2c(c1)OCO2)c1nnnn1C(c1ccccc1)c1ccccc1. The van der Waals surface area contributed by atoms with E-state index in [4.69, 9.17) is 14.2 Å². The largest absolute Gasteiger partial charge is 0.465 e. The molecule has 0 unspecified atom stereocenters. The van der Waals surface area contributed by atoms with Gasteiger partial charge in [-0.25, -0.2) is 4.68 Å². The lowest BCUT2D eigenvalue weighted by atomic mass is 9.98. The number of fused-ring (bicyclic) bond motifs is 1. The third-order valence-electron chi connectivity index (χ3n) is 5.74. The molecule has 3 aromatic carbocycles. The fourth-order valence-electron chi connectivity index (χ4n) is 4.17. The highest BCUT2D eigenvalue weighted by Gasteiger charge is 2.29. The highest BCUT2D eigenvalue weighted by Crippen LogP contribution is 2.36. The Morgan fingerprint density at radius 1 is 0.971 bits per heavy atom. The maximum Gasteiger partial charge on any atom is 0.319 e. The molecule has 0 aliphatic carbocycles. The summed E-state index contributed by atoms with van der Waals surface area (Å²) >= 11 is 0. The van der Waals surface area contributed by atoms with Crippen LogP contribution in [0, 0.1) is 0 Å². The lowest BCUT2D eigenvalue weighted by Crippen LogP contribution is -2.32. The monoisotopic (exact) mass is 471 g/mol. The zero-order valence-corrected chi connectivity index (χ0v) is 19.2. The number of carbonyl (C=O) groups excluding carboxylic acids is 1. The quantitative estimate of drug-likeness (QED) is 0.371. The summed E-state index contributed by atoms with van der Waals surface area (Å²) in [6.07, 6.45) is 0. The zero-order valence-electron chi connectivity index (χ0n) is 19.2. The smallest absolute Gasteiger partial charge is 0.319 e. The number of carbonyl (C=O) groups is 1. The molecule has 0 fully saturated rings. The third-order valence-corrected chi connectivity index (χ3v) is 5.74. The molecule has 0 amide bonds. The van der Waals surface area contributed by atoms with Gasteiger partial charge in [-0.1, -0.05) is 66.7 Å². The Balaban J connectivity index is 1.58. The van der Waals surface area contributed by atoms with Crippen LogP contribution in [-0.2, 0) is 9.53 Å². The molecule has 0 spiro atoms. The highest BCUT2D eigenvalue weighted by molar-refractivity contribution is 5.71. The average molecular weight is 472 g/mol. The van der Waals surface area contributed by atoms with Crippen molar-refractivity contribution < 1.29 is 19.0 Å². The first-order valence-corrected chi connectivity index (χ1v) is 11.4. The Labute approximate surface area is 202 Å². The summed E-state index contributed by atoms with van der Waals surface area (Å²) in [5.74, 6) is 1.49. The second kappa shape index (κ2) is 10.4. The van der Waals surface area contributed by atoms with Gasteiger partial charge in [-0.05, 0) is 46.2 Å². The Morgan fingerprint density at radius 2 is 1.66 bits per heavy atom. The molecule has 1 N–H and O–H groups in total. The molecule has 9 nitrogen and oxygen atoms in total. The second-order valence-corrected chi connectivity index (χ2v) is 7.94. The molecule has 1 aliphatic heterocycles. The summed E-state index contributed by atoms with van der Waals surface area (Å²) in [4.78, 5) is 12.2. The van der Waals surface area contributed by atoms with Gasteiger partial charge >= 0.3 is 5.97 Å². The second-order valence-electron chi connectivity index (χ2n) is 7.94. The Hall–Kier alpha value is -4.24. The standard InChI is InChI=1S/C26H25N5O4/c1-2-33-23(32)16-27-24(20-13-14-21-22(15-20)35-17-34-21)26-28-29-30-31(26)25(18-9-5-3-6-10-18)19-11-7-4-8-12-19/h3-15,24-25,27H,2,16-17H2,1H3/t24-/m1/s1. The molecule has 5 rings (SSSR count). The minimum absolute atomic E-state index is 0.0127. The summed E-state index contributed by atoms with van der Waals surface area (Å²) in [5.41, 5.74) is 2.89. The topological polar surface area (TPSA) is 100 Å². The van der Waals surface area contributed by atoms with Crippen molar-refractivity contribution in [3.05, 3.63) is 101 Å². The molecule has 0 saturated carbocycles. The Kier molecular flexibility index (Phi) is 6.67. The van der Waals surface area contributed by atoms with E-state index in [0.717, 1.165) is 16.7 Å². The highest BCUT2D eigenvalue weighted by atomic mass is 16.7. The van der Waals surface area contributed by atoms with Gasteiger partial charge in [0.25, 0.3) is 0 Å². The zero-order chi connectivity index (χ0) is 24.0. The van der Waals surface area contributed by atoms with Crippen LogP contribution in [0.4, 0.5) is 0 Å². The van der Waals surface area contributed by atoms with E-state index < -0.39 is 6.04 Å². The summed E-state index contributed by atoms with van der Waals surface area (Å²) in [7, 11) is 0. The van der Waals surface area contributed by atoms with Gasteiger partial charge in [0.15, 0.2) is 17.3 Å². The van der Waals surface area contributed by atoms with Crippen LogP contribution in [0.3, 0.4) is 0 Å². The van der Waals surface area contributed by atoms with Gasteiger partial charge in [-0.2, -0.15) is 0 Å². The van der Waals surface area contributed by atoms with Crippen molar-refractivity contribution in [2.24, 2.45) is 0 Å². The maximum atomic E-state index is 12.2. The Morgan fingerprint density at radius 3 is 2.34 bits per heavy atom. The van der Waals surface area contributed by atoms with E-state index in [1.165, 1.54) is 0 Å². The predicted octanol–water partition coefficient (Wildman–Crippen LogP) is 3.28. The van der Waals surface area contributed by atoms with Gasteiger partial charge < -0.3 is 14.2 Å². The van der Waals surface area contributed by atoms with Crippen LogP contribution in [0.2, 0.25) is 0 Å². The van der Waals surface area contributed by atoms with Gasteiger partial charge in [0.2, 0.25) is 6.79 Å². The minimum atomic E-state index is -0.515. The lowest BCUT2D eigenvalue weighted by molar-refractivity contribution is -0.142. The van der Waals surface area contributed by atoms with Crippen molar-refractivity contribution in [1.82, 2.24) is 25.5 Å². The molecule has 1 atom stereocenters. The number of benzene rings is 3. The van der Waals surface area contributed by atoms with E-state index in [0.29, 0.717) is 23.9 Å². The molecule has 35 heavy (non-hydrogen) atoms. The van der Waals surface area contributed by atoms with Crippen LogP contribution >= 0.6 is 0 Å². The van der Waals surface area contributed by atoms with Crippen molar-refractivity contribution in [3.63, 3.8) is 0 Å². The number of hydrogen-bond donors (Lipinski definition) is 1. The normalized spacial score (nSPS) is 13.1. The first kappa shape index (κ1) is 22.5. The van der Waals surface area contributed by atoms with Crippen LogP contribution in [0.1, 0.15) is 41.5 Å². The summed E-state index contributed by atoms with van der Waals surface area (Å²) in [6, 6.07) is 24.9. The lowest BCUT2D eigenvalue weighted by Gasteiger charge is -2.24. The predicted molar refractivity (Wildman–Crippen MR) is 127 cm³/mol. The first-order chi connectivity index (χ1) is 17.2. The van der Waals surface area contributed by atoms with Gasteiger partial charge in [-0.3, -0.25) is 10.1 Å². The van der Waals surface area contributed by atoms with Crippen LogP contribution in [-0.4, -0.2) is 46.1 Å². The number of rotatable bonds is 9. The molecular formula is C26H25N5O4. The van der Waals surface area contributed by atoms with Crippen molar-refractivity contribution in [2.75, 3.05) is 19.9 Å². The van der Waals surface area contributed by atoms with Crippen LogP contribution < -0.4 is 14.8 Å². The molecule has 0 radical (unpaired) electrons. The number of esters is 1. The van der Waals surface area contributed by atoms with E-state index in [2.05, 4.69) is 20.8 Å². The number of hydrogen-bond acceptors (Lipinski definition) is 8. The minimum Gasteiger partial charge on any atom is -0.465 e. The summed E-state index contributed by atoms with van der Waals surface area (Å²) in [6.45, 7) is 2.23. The molecular weight excluding hydrogens is 446 g/mol. The van der Waals surface area contributed by atoms with E-state index in [1.807, 2.05) is 78.9 Å². The van der Waals surface area contributed by atoms with Crippen molar-refractivity contribution in [2.45, 2.75) is 19.0 Å². The molecule has 9 heteroatoms. The van der Waals surface area contributed by atoms with Crippen LogP contribution in [0.5, 0.6) is 11.5 Å². The fourth-order valence-corrected chi connectivity index (χ4v) is 4.17. The van der Waals surface area contributed by atoms with Crippen molar-refractivity contribution in [3.8, 4) is 11.5 Å². The van der Waals surface area contributed by atoms with Crippen molar-refractivity contribution >= 4 is 5.97 Å². The molecule has 178 valence electrons. The fraction of sp³-hybridized carbons (Fsp3) is 0.231. The molecule has 1 aromatic heterocycles. The molecule has 0 bridgehead atoms. The number of tetrazole rings is 1. The molecule has 0 saturated heterocycles. The van der Waals surface area contributed by atoms with E-state index >= 15 is 0 Å². The molecule has 4 aromatic rings. The van der Waals surface area contributed by atoms with Gasteiger partial charge in [-0.15, -0.1) is 5.10 Å². The summed E-state index contributed by atoms with van der Waals surface area (Å²) < 4.78 is 18.0.